The summed E-state index contributed by atoms with van der Waals surface area (Å²) in [5.74, 6) is 0. The van der Waals surface area contributed by atoms with Gasteiger partial charge in [0.15, 0.2) is 0 Å². The molecule has 0 fully saturated rings. The smallest absolute Gasteiger partial charge is 1.00 e. The summed E-state index contributed by atoms with van der Waals surface area (Å²) in [6, 6.07) is 0. The van der Waals surface area contributed by atoms with Gasteiger partial charge in [0.25, 0.3) is 0 Å². The molecule has 0 radical (unpaired) electrons. The summed E-state index contributed by atoms with van der Waals surface area (Å²) < 4.78 is 6.80. The summed E-state index contributed by atoms with van der Waals surface area (Å²) in [5, 5.41) is 0. The quantitative estimate of drug-likeness (QED) is 0.349. The molecule has 5 heteroatoms. The summed E-state index contributed by atoms with van der Waals surface area (Å²) in [4.78, 5) is 10.4. The van der Waals surface area contributed by atoms with Crippen molar-refractivity contribution in [2.24, 2.45) is 0 Å². The second-order valence-corrected chi connectivity index (χ2v) is 2.53. The number of ether oxygens (including phenoxy) is 1. The molecule has 0 aliphatic rings. The van der Waals surface area contributed by atoms with Gasteiger partial charge in [0.2, 0.25) is 0 Å². The molecule has 0 aromatic heterocycles. The number of hydrogen-bond acceptors (Lipinski definition) is 3. The minimum Gasteiger partial charge on any atom is -1.00 e. The molecule has 68 valence electrons. The van der Waals surface area contributed by atoms with Crippen LogP contribution in [0.5, 0.6) is 0 Å². The van der Waals surface area contributed by atoms with Gasteiger partial charge in [-0.05, 0) is 6.42 Å². The first kappa shape index (κ1) is 15.1. The van der Waals surface area contributed by atoms with Crippen LogP contribution >= 0.6 is 12.8 Å². The zero-order valence-corrected chi connectivity index (χ0v) is 10.7. The summed E-state index contributed by atoms with van der Waals surface area (Å²) in [7, 11) is 0. The molecule has 0 saturated carbocycles. The summed E-state index contributed by atoms with van der Waals surface area (Å²) in [6.07, 6.45) is 3.99. The van der Waals surface area contributed by atoms with Crippen molar-refractivity contribution in [1.29, 1.82) is 0 Å². The van der Waals surface area contributed by atoms with Gasteiger partial charge in [-0.3, -0.25) is 4.72 Å². The molecule has 0 unspecified atom stereocenters. The van der Waals surface area contributed by atoms with Crippen molar-refractivity contribution in [2.75, 3.05) is 6.61 Å². The van der Waals surface area contributed by atoms with Gasteiger partial charge < -0.3 is 6.16 Å². The van der Waals surface area contributed by atoms with Gasteiger partial charge in [0.05, 0.1) is 6.61 Å². The normalized spacial score (nSPS) is 8.50. The van der Waals surface area contributed by atoms with Gasteiger partial charge in [0.1, 0.15) is 0 Å². The largest absolute Gasteiger partial charge is 1.00 e. The Kier molecular flexibility index (Phi) is 14.6. The average molecular weight is 201 g/mol. The van der Waals surface area contributed by atoms with Crippen LogP contribution < -0.4 is 34.3 Å². The molecule has 0 spiro atoms. The fourth-order valence-electron chi connectivity index (χ4n) is 0.726. The second-order valence-electron chi connectivity index (χ2n) is 2.31. The van der Waals surface area contributed by atoms with Crippen LogP contribution in [0.15, 0.2) is 0 Å². The maximum absolute atomic E-state index is 10.4. The molecule has 0 rings (SSSR count). The van der Waals surface area contributed by atoms with Crippen LogP contribution in [0, 0.1) is 0 Å². The standard InChI is InChI=1S/C7H15NO2S.Na.H/c1-2-3-4-5-6-10-7(9)8-11;;/h11H,2-6H2,1H3,(H,8,9);;/q;+1;-1. The number of amides is 1. The maximum atomic E-state index is 10.4. The third-order valence-electron chi connectivity index (χ3n) is 1.32. The van der Waals surface area contributed by atoms with Crippen molar-refractivity contribution in [3.8, 4) is 0 Å². The van der Waals surface area contributed by atoms with Crippen LogP contribution in [-0.4, -0.2) is 12.7 Å². The Hall–Kier alpha value is 0.620. The predicted molar refractivity (Wildman–Crippen MR) is 48.7 cm³/mol. The van der Waals surface area contributed by atoms with Gasteiger partial charge in [-0.25, -0.2) is 4.79 Å². The van der Waals surface area contributed by atoms with E-state index in [1.165, 1.54) is 12.8 Å². The fourth-order valence-corrected chi connectivity index (χ4v) is 0.791. The Morgan fingerprint density at radius 1 is 1.50 bits per heavy atom. The molecule has 0 aromatic carbocycles. The number of nitrogens with one attached hydrogen (secondary N) is 1. The van der Waals surface area contributed by atoms with Crippen LogP contribution in [0.25, 0.3) is 0 Å². The van der Waals surface area contributed by atoms with Crippen molar-refractivity contribution >= 4 is 18.9 Å². The Morgan fingerprint density at radius 3 is 2.67 bits per heavy atom. The van der Waals surface area contributed by atoms with E-state index in [2.05, 4.69) is 24.5 Å². The number of thiol groups is 1. The van der Waals surface area contributed by atoms with Gasteiger partial charge in [-0.15, -0.1) is 0 Å². The van der Waals surface area contributed by atoms with Crippen LogP contribution in [0.1, 0.15) is 34.0 Å². The Bertz CT molecular complexity index is 119. The van der Waals surface area contributed by atoms with Crippen molar-refractivity contribution in [3.05, 3.63) is 0 Å². The SMILES string of the molecule is CCCCCCOC(=O)NS.[H-].[Na+]. The molecule has 0 heterocycles. The molecule has 0 saturated heterocycles. The van der Waals surface area contributed by atoms with E-state index in [9.17, 15) is 4.79 Å². The minimum atomic E-state index is -0.468. The van der Waals surface area contributed by atoms with E-state index in [-0.39, 0.29) is 31.0 Å². The zero-order valence-electron chi connectivity index (χ0n) is 8.80. The predicted octanol–water partition coefficient (Wildman–Crippen LogP) is -0.746. The molecule has 1 N–H and O–H groups in total. The van der Waals surface area contributed by atoms with Gasteiger partial charge in [0, 0.05) is 0 Å². The van der Waals surface area contributed by atoms with Gasteiger partial charge in [-0.1, -0.05) is 39.0 Å². The number of carbonyl (C=O) groups is 1. The van der Waals surface area contributed by atoms with Crippen LogP contribution in [-0.2, 0) is 4.74 Å². The summed E-state index contributed by atoms with van der Waals surface area (Å²) in [6.45, 7) is 2.63. The minimum absolute atomic E-state index is 0. The third-order valence-corrected chi connectivity index (χ3v) is 1.50. The molecular formula is C7H16NNaO2S. The molecular weight excluding hydrogens is 185 g/mol. The van der Waals surface area contributed by atoms with E-state index >= 15 is 0 Å². The molecule has 12 heavy (non-hydrogen) atoms. The Labute approximate surface area is 103 Å². The molecule has 1 amide bonds. The number of hydrogen-bond donors (Lipinski definition) is 2. The van der Waals surface area contributed by atoms with E-state index in [4.69, 9.17) is 4.74 Å². The van der Waals surface area contributed by atoms with Crippen LogP contribution in [0.3, 0.4) is 0 Å². The van der Waals surface area contributed by atoms with E-state index in [1.54, 1.807) is 0 Å². The number of rotatable bonds is 5. The number of unbranched alkanes of at least 4 members (excludes halogenated alkanes) is 3. The van der Waals surface area contributed by atoms with E-state index in [0.29, 0.717) is 6.61 Å². The molecule has 0 aromatic rings. The monoisotopic (exact) mass is 201 g/mol. The second kappa shape index (κ2) is 11.6. The first-order valence-electron chi connectivity index (χ1n) is 3.88. The fraction of sp³-hybridized carbons (Fsp3) is 0.857. The first-order chi connectivity index (χ1) is 5.31. The Balaban J connectivity index is -0.000000500. The van der Waals surface area contributed by atoms with Gasteiger partial charge in [-0.2, -0.15) is 0 Å². The number of carbonyl (C=O) groups excluding carboxylic acids is 1. The molecule has 0 aliphatic carbocycles. The molecule has 3 nitrogen and oxygen atoms in total. The van der Waals surface area contributed by atoms with Gasteiger partial charge >= 0.3 is 35.7 Å². The van der Waals surface area contributed by atoms with E-state index < -0.39 is 6.09 Å². The van der Waals surface area contributed by atoms with E-state index in [1.807, 2.05) is 0 Å². The third kappa shape index (κ3) is 10.6. The van der Waals surface area contributed by atoms with Crippen LogP contribution in [0.4, 0.5) is 4.79 Å². The average Bonchev–Trinajstić information content (AvgIpc) is 2.04. The van der Waals surface area contributed by atoms with Crippen molar-refractivity contribution < 1.29 is 40.5 Å². The Morgan fingerprint density at radius 2 is 2.17 bits per heavy atom. The molecule has 0 atom stereocenters. The summed E-state index contributed by atoms with van der Waals surface area (Å²) in [5.41, 5.74) is 0. The van der Waals surface area contributed by atoms with Crippen molar-refractivity contribution in [2.45, 2.75) is 32.6 Å². The van der Waals surface area contributed by atoms with E-state index in [0.717, 1.165) is 12.8 Å². The zero-order chi connectivity index (χ0) is 8.53. The van der Waals surface area contributed by atoms with Crippen molar-refractivity contribution in [1.82, 2.24) is 4.72 Å². The molecule has 0 aliphatic heterocycles. The van der Waals surface area contributed by atoms with Crippen molar-refractivity contribution in [3.63, 3.8) is 0 Å². The maximum Gasteiger partial charge on any atom is 1.00 e. The molecule has 0 bridgehead atoms. The van der Waals surface area contributed by atoms with Crippen LogP contribution in [0.2, 0.25) is 0 Å². The summed E-state index contributed by atoms with van der Waals surface area (Å²) >= 11 is 3.53. The first-order valence-corrected chi connectivity index (χ1v) is 4.32. The topological polar surface area (TPSA) is 38.3 Å².